The molecular weight excluding hydrogens is 424 g/mol. The molecule has 2 heterocycles. The molecule has 0 radical (unpaired) electrons. The number of rotatable bonds is 6. The SMILES string of the molecule is Cc1noc(C)c1S(=O)(=O)N[C@@H](C)C(=O)N1CCCC(CN(C)C(=O)OC(C)(C)C)C1. The largest absolute Gasteiger partial charge is 0.444 e. The Morgan fingerprint density at radius 3 is 2.55 bits per heavy atom. The van der Waals surface area contributed by atoms with Crippen LogP contribution in [0.4, 0.5) is 4.79 Å². The Bertz CT molecular complexity index is 886. The van der Waals surface area contributed by atoms with Gasteiger partial charge in [-0.2, -0.15) is 4.72 Å². The molecule has 1 unspecified atom stereocenters. The van der Waals surface area contributed by atoms with Crippen LogP contribution in [0.3, 0.4) is 0 Å². The van der Waals surface area contributed by atoms with E-state index in [4.69, 9.17) is 9.26 Å². The quantitative estimate of drug-likeness (QED) is 0.692. The summed E-state index contributed by atoms with van der Waals surface area (Å²) in [5.41, 5.74) is -0.332. The number of sulfonamides is 1. The molecule has 1 aromatic heterocycles. The molecule has 1 fully saturated rings. The van der Waals surface area contributed by atoms with Gasteiger partial charge in [0.1, 0.15) is 16.2 Å². The predicted octanol–water partition coefficient (Wildman–Crippen LogP) is 2.06. The zero-order chi connectivity index (χ0) is 23.6. The summed E-state index contributed by atoms with van der Waals surface area (Å²) in [6.45, 7) is 11.4. The van der Waals surface area contributed by atoms with Crippen molar-refractivity contribution in [2.45, 2.75) is 70.9 Å². The Morgan fingerprint density at radius 1 is 1.35 bits per heavy atom. The van der Waals surface area contributed by atoms with Gasteiger partial charge in [0.2, 0.25) is 15.9 Å². The van der Waals surface area contributed by atoms with Crippen LogP contribution in [0, 0.1) is 19.8 Å². The molecule has 0 aromatic carbocycles. The number of ether oxygens (including phenoxy) is 1. The zero-order valence-corrected chi connectivity index (χ0v) is 20.2. The van der Waals surface area contributed by atoms with Gasteiger partial charge in [-0.15, -0.1) is 0 Å². The van der Waals surface area contributed by atoms with Gasteiger partial charge in [0, 0.05) is 26.7 Å². The fraction of sp³-hybridized carbons (Fsp3) is 0.750. The third-order valence-corrected chi connectivity index (χ3v) is 6.79. The van der Waals surface area contributed by atoms with E-state index in [2.05, 4.69) is 9.88 Å². The Hall–Kier alpha value is -2.14. The van der Waals surface area contributed by atoms with Gasteiger partial charge in [-0.25, -0.2) is 13.2 Å². The third kappa shape index (κ3) is 6.67. The standard InChI is InChI=1S/C20H34N4O6S/c1-13-17(15(3)30-21-13)31(27,28)22-14(2)18(25)24-10-8-9-16(12-24)11-23(7)19(26)29-20(4,5)6/h14,16,22H,8-12H2,1-7H3/t14-,16?/m0/s1. The van der Waals surface area contributed by atoms with E-state index in [-0.39, 0.29) is 28.2 Å². The molecule has 2 rings (SSSR count). The zero-order valence-electron chi connectivity index (χ0n) is 19.4. The number of hydrogen-bond donors (Lipinski definition) is 1. The summed E-state index contributed by atoms with van der Waals surface area (Å²) in [5.74, 6) is -0.0468. The Balaban J connectivity index is 1.98. The highest BCUT2D eigenvalue weighted by Gasteiger charge is 2.33. The summed E-state index contributed by atoms with van der Waals surface area (Å²) in [6, 6.07) is -0.943. The normalized spacial score (nSPS) is 18.5. The number of aromatic nitrogens is 1. The fourth-order valence-electron chi connectivity index (χ4n) is 3.69. The number of amides is 2. The van der Waals surface area contributed by atoms with Gasteiger partial charge >= 0.3 is 6.09 Å². The lowest BCUT2D eigenvalue weighted by molar-refractivity contribution is -0.134. The number of likely N-dealkylation sites (tertiary alicyclic amines) is 1. The van der Waals surface area contributed by atoms with E-state index in [0.717, 1.165) is 12.8 Å². The molecule has 1 aliphatic heterocycles. The maximum atomic E-state index is 12.9. The van der Waals surface area contributed by atoms with Crippen molar-refractivity contribution in [3.8, 4) is 0 Å². The van der Waals surface area contributed by atoms with Crippen molar-refractivity contribution in [1.82, 2.24) is 19.7 Å². The van der Waals surface area contributed by atoms with Crippen LogP contribution in [0.25, 0.3) is 0 Å². The second-order valence-electron chi connectivity index (χ2n) is 9.15. The minimum atomic E-state index is -3.95. The minimum absolute atomic E-state index is 0.0392. The van der Waals surface area contributed by atoms with Gasteiger partial charge in [-0.05, 0) is 60.3 Å². The predicted molar refractivity (Wildman–Crippen MR) is 114 cm³/mol. The lowest BCUT2D eigenvalue weighted by atomic mass is 9.97. The molecule has 0 saturated carbocycles. The highest BCUT2D eigenvalue weighted by Crippen LogP contribution is 2.21. The van der Waals surface area contributed by atoms with Crippen molar-refractivity contribution in [2.24, 2.45) is 5.92 Å². The van der Waals surface area contributed by atoms with Gasteiger partial charge in [0.25, 0.3) is 0 Å². The molecule has 2 amide bonds. The molecular formula is C20H34N4O6S. The summed E-state index contributed by atoms with van der Waals surface area (Å²) in [5, 5.41) is 3.67. The lowest BCUT2D eigenvalue weighted by Gasteiger charge is -2.36. The maximum absolute atomic E-state index is 12.9. The van der Waals surface area contributed by atoms with Crippen LogP contribution in [-0.2, 0) is 19.6 Å². The lowest BCUT2D eigenvalue weighted by Crippen LogP contribution is -2.51. The second-order valence-corrected chi connectivity index (χ2v) is 10.8. The first-order valence-corrected chi connectivity index (χ1v) is 11.9. The van der Waals surface area contributed by atoms with Gasteiger partial charge in [-0.1, -0.05) is 5.16 Å². The van der Waals surface area contributed by atoms with Gasteiger partial charge in [0.15, 0.2) is 5.76 Å². The van der Waals surface area contributed by atoms with E-state index in [1.165, 1.54) is 25.7 Å². The van der Waals surface area contributed by atoms with Crippen LogP contribution in [0.5, 0.6) is 0 Å². The van der Waals surface area contributed by atoms with Gasteiger partial charge in [0.05, 0.1) is 6.04 Å². The second kappa shape index (κ2) is 9.56. The van der Waals surface area contributed by atoms with Crippen LogP contribution in [0.15, 0.2) is 9.42 Å². The number of nitrogens with one attached hydrogen (secondary N) is 1. The van der Waals surface area contributed by atoms with Crippen molar-refractivity contribution in [1.29, 1.82) is 0 Å². The summed E-state index contributed by atoms with van der Waals surface area (Å²) in [4.78, 5) is 28.3. The molecule has 0 bridgehead atoms. The first-order chi connectivity index (χ1) is 14.2. The average molecular weight is 459 g/mol. The van der Waals surface area contributed by atoms with Crippen LogP contribution in [0.1, 0.15) is 52.0 Å². The molecule has 1 N–H and O–H groups in total. The van der Waals surface area contributed by atoms with E-state index in [1.807, 2.05) is 20.8 Å². The number of aryl methyl sites for hydroxylation is 2. The first-order valence-electron chi connectivity index (χ1n) is 10.4. The number of carbonyl (C=O) groups is 2. The van der Waals surface area contributed by atoms with Crippen molar-refractivity contribution in [2.75, 3.05) is 26.7 Å². The average Bonchev–Trinajstić information content (AvgIpc) is 2.98. The molecule has 11 heteroatoms. The first kappa shape index (κ1) is 25.1. The Kier molecular flexibility index (Phi) is 7.75. The number of hydrogen-bond acceptors (Lipinski definition) is 7. The molecule has 31 heavy (non-hydrogen) atoms. The monoisotopic (exact) mass is 458 g/mol. The van der Waals surface area contributed by atoms with E-state index >= 15 is 0 Å². The van der Waals surface area contributed by atoms with E-state index in [9.17, 15) is 18.0 Å². The van der Waals surface area contributed by atoms with Crippen LogP contribution in [0.2, 0.25) is 0 Å². The molecule has 0 aliphatic carbocycles. The van der Waals surface area contributed by atoms with E-state index in [1.54, 1.807) is 11.9 Å². The smallest absolute Gasteiger partial charge is 0.410 e. The summed E-state index contributed by atoms with van der Waals surface area (Å²) < 4.78 is 38.1. The van der Waals surface area contributed by atoms with Crippen molar-refractivity contribution in [3.63, 3.8) is 0 Å². The fourth-order valence-corrected chi connectivity index (χ4v) is 5.22. The number of piperidine rings is 1. The van der Waals surface area contributed by atoms with Gasteiger partial charge in [-0.3, -0.25) is 4.79 Å². The Morgan fingerprint density at radius 2 is 2.00 bits per heavy atom. The molecule has 1 aliphatic rings. The molecule has 176 valence electrons. The van der Waals surface area contributed by atoms with Crippen LogP contribution >= 0.6 is 0 Å². The minimum Gasteiger partial charge on any atom is -0.444 e. The topological polar surface area (TPSA) is 122 Å². The van der Waals surface area contributed by atoms with Crippen molar-refractivity contribution in [3.05, 3.63) is 11.5 Å². The molecule has 2 atom stereocenters. The van der Waals surface area contributed by atoms with Crippen LogP contribution in [-0.4, -0.2) is 73.7 Å². The number of carbonyl (C=O) groups excluding carboxylic acids is 2. The summed E-state index contributed by atoms with van der Waals surface area (Å²) in [7, 11) is -2.27. The van der Waals surface area contributed by atoms with Crippen molar-refractivity contribution >= 4 is 22.0 Å². The summed E-state index contributed by atoms with van der Waals surface area (Å²) >= 11 is 0. The molecule has 10 nitrogen and oxygen atoms in total. The van der Waals surface area contributed by atoms with Crippen LogP contribution < -0.4 is 4.72 Å². The maximum Gasteiger partial charge on any atom is 0.410 e. The number of nitrogens with zero attached hydrogens (tertiary/aromatic N) is 3. The molecule has 1 saturated heterocycles. The third-order valence-electron chi connectivity index (χ3n) is 5.01. The molecule has 1 aromatic rings. The van der Waals surface area contributed by atoms with E-state index < -0.39 is 27.8 Å². The van der Waals surface area contributed by atoms with Crippen molar-refractivity contribution < 1.29 is 27.3 Å². The highest BCUT2D eigenvalue weighted by molar-refractivity contribution is 7.89. The van der Waals surface area contributed by atoms with Gasteiger partial charge < -0.3 is 19.1 Å². The Labute approximate surface area is 184 Å². The van der Waals surface area contributed by atoms with E-state index in [0.29, 0.717) is 19.6 Å². The highest BCUT2D eigenvalue weighted by atomic mass is 32.2. The summed E-state index contributed by atoms with van der Waals surface area (Å²) in [6.07, 6.45) is 1.24. The molecule has 0 spiro atoms.